The van der Waals surface area contributed by atoms with E-state index in [0.29, 0.717) is 11.1 Å². The highest BCUT2D eigenvalue weighted by Crippen LogP contribution is 2.22. The second-order valence-corrected chi connectivity index (χ2v) is 6.81. The molecule has 0 aliphatic rings. The minimum absolute atomic E-state index is 0.0480. The number of carbonyl (C=O) groups excluding carboxylic acids is 1. The maximum atomic E-state index is 12.3. The fourth-order valence-corrected chi connectivity index (χ4v) is 2.71. The van der Waals surface area contributed by atoms with Gasteiger partial charge in [0, 0.05) is 22.7 Å². The summed E-state index contributed by atoms with van der Waals surface area (Å²) in [5.74, 6) is 0.0480. The van der Waals surface area contributed by atoms with Crippen molar-refractivity contribution < 1.29 is 4.79 Å². The maximum Gasteiger partial charge on any atom is 0.194 e. The Balaban J connectivity index is 2.43. The lowest BCUT2D eigenvalue weighted by Crippen LogP contribution is -2.02. The fourth-order valence-electron chi connectivity index (χ4n) is 1.43. The zero-order chi connectivity index (χ0) is 12.4. The van der Waals surface area contributed by atoms with Gasteiger partial charge in [-0.05, 0) is 87.6 Å². The van der Waals surface area contributed by atoms with Gasteiger partial charge in [-0.15, -0.1) is 0 Å². The van der Waals surface area contributed by atoms with Crippen LogP contribution in [0.15, 0.2) is 46.9 Å². The highest BCUT2D eigenvalue weighted by atomic mass is 127. The summed E-state index contributed by atoms with van der Waals surface area (Å²) >= 11 is 7.85. The zero-order valence-corrected chi connectivity index (χ0v) is 14.5. The summed E-state index contributed by atoms with van der Waals surface area (Å²) < 4.78 is 3.02. The van der Waals surface area contributed by atoms with Crippen LogP contribution in [0.1, 0.15) is 15.9 Å². The molecular formula is C13H7BrI2O. The van der Waals surface area contributed by atoms with Crippen molar-refractivity contribution in [2.45, 2.75) is 0 Å². The van der Waals surface area contributed by atoms with Gasteiger partial charge < -0.3 is 0 Å². The van der Waals surface area contributed by atoms with Crippen LogP contribution in [0.2, 0.25) is 0 Å². The van der Waals surface area contributed by atoms with Crippen molar-refractivity contribution >= 4 is 66.9 Å². The third-order valence-corrected chi connectivity index (χ3v) is 4.36. The van der Waals surface area contributed by atoms with Crippen LogP contribution in [-0.2, 0) is 0 Å². The van der Waals surface area contributed by atoms with Crippen molar-refractivity contribution in [2.24, 2.45) is 0 Å². The minimum Gasteiger partial charge on any atom is -0.289 e. The predicted molar refractivity (Wildman–Crippen MR) is 89.5 cm³/mol. The van der Waals surface area contributed by atoms with E-state index in [4.69, 9.17) is 0 Å². The van der Waals surface area contributed by atoms with E-state index in [0.717, 1.165) is 11.6 Å². The molecule has 0 fully saturated rings. The Morgan fingerprint density at radius 1 is 0.941 bits per heavy atom. The molecule has 0 spiro atoms. The number of carbonyl (C=O) groups is 1. The van der Waals surface area contributed by atoms with Crippen molar-refractivity contribution in [3.63, 3.8) is 0 Å². The predicted octanol–water partition coefficient (Wildman–Crippen LogP) is 4.89. The molecule has 0 saturated heterocycles. The smallest absolute Gasteiger partial charge is 0.194 e. The van der Waals surface area contributed by atoms with E-state index in [9.17, 15) is 4.79 Å². The molecule has 0 N–H and O–H groups in total. The fraction of sp³-hybridized carbons (Fsp3) is 0. The van der Waals surface area contributed by atoms with Crippen molar-refractivity contribution in [3.8, 4) is 0 Å². The van der Waals surface area contributed by atoms with E-state index >= 15 is 0 Å². The van der Waals surface area contributed by atoms with Gasteiger partial charge >= 0.3 is 0 Å². The van der Waals surface area contributed by atoms with Crippen molar-refractivity contribution in [1.82, 2.24) is 0 Å². The zero-order valence-electron chi connectivity index (χ0n) is 8.58. The Hall–Kier alpha value is 0.0500. The molecule has 0 aliphatic heterocycles. The summed E-state index contributed by atoms with van der Waals surface area (Å²) in [4.78, 5) is 12.3. The molecule has 0 bridgehead atoms. The Kier molecular flexibility index (Phi) is 4.59. The van der Waals surface area contributed by atoms with Gasteiger partial charge in [0.25, 0.3) is 0 Å². The van der Waals surface area contributed by atoms with Crippen LogP contribution in [0.25, 0.3) is 0 Å². The van der Waals surface area contributed by atoms with Crippen molar-refractivity contribution in [1.29, 1.82) is 0 Å². The molecule has 0 radical (unpaired) electrons. The summed E-state index contributed by atoms with van der Waals surface area (Å²) in [5, 5.41) is 0. The van der Waals surface area contributed by atoms with Crippen LogP contribution >= 0.6 is 61.1 Å². The van der Waals surface area contributed by atoms with Gasteiger partial charge in [0.05, 0.1) is 0 Å². The number of rotatable bonds is 2. The van der Waals surface area contributed by atoms with E-state index in [1.807, 2.05) is 42.5 Å². The van der Waals surface area contributed by atoms with Crippen LogP contribution in [0.3, 0.4) is 0 Å². The Labute approximate surface area is 135 Å². The molecule has 0 atom stereocenters. The van der Waals surface area contributed by atoms with Crippen molar-refractivity contribution in [3.05, 3.63) is 65.2 Å². The quantitative estimate of drug-likeness (QED) is 0.414. The molecule has 0 unspecified atom stereocenters. The van der Waals surface area contributed by atoms with Crippen LogP contribution in [0, 0.1) is 7.14 Å². The van der Waals surface area contributed by atoms with E-state index in [1.54, 1.807) is 0 Å². The molecule has 2 aromatic rings. The average Bonchev–Trinajstić information content (AvgIpc) is 2.32. The first kappa shape index (κ1) is 13.5. The Morgan fingerprint density at radius 2 is 1.53 bits per heavy atom. The molecular weight excluding hydrogens is 506 g/mol. The first-order chi connectivity index (χ1) is 8.08. The lowest BCUT2D eigenvalue weighted by Gasteiger charge is -2.04. The third-order valence-electron chi connectivity index (χ3n) is 2.28. The lowest BCUT2D eigenvalue weighted by molar-refractivity contribution is 0.103. The van der Waals surface area contributed by atoms with Gasteiger partial charge in [-0.25, -0.2) is 0 Å². The molecule has 0 amide bonds. The highest BCUT2D eigenvalue weighted by Gasteiger charge is 2.12. The number of hydrogen-bond donors (Lipinski definition) is 0. The van der Waals surface area contributed by atoms with Crippen LogP contribution < -0.4 is 0 Å². The molecule has 4 heteroatoms. The maximum absolute atomic E-state index is 12.3. The first-order valence-electron chi connectivity index (χ1n) is 4.83. The van der Waals surface area contributed by atoms with E-state index in [2.05, 4.69) is 61.1 Å². The monoisotopic (exact) mass is 512 g/mol. The number of hydrogen-bond acceptors (Lipinski definition) is 1. The normalized spacial score (nSPS) is 10.3. The average molecular weight is 513 g/mol. The van der Waals surface area contributed by atoms with Gasteiger partial charge in [-0.1, -0.05) is 15.9 Å². The molecule has 0 aliphatic carbocycles. The third kappa shape index (κ3) is 3.29. The number of halogens is 3. The second-order valence-electron chi connectivity index (χ2n) is 3.46. The Bertz CT molecular complexity index is 564. The summed E-state index contributed by atoms with van der Waals surface area (Å²) in [6.45, 7) is 0. The lowest BCUT2D eigenvalue weighted by atomic mass is 10.0. The summed E-state index contributed by atoms with van der Waals surface area (Å²) in [6.07, 6.45) is 0. The molecule has 1 nitrogen and oxygen atoms in total. The standard InChI is InChI=1S/C13H7BrI2O/c14-12-6-5-10(16)7-11(12)13(17)8-1-3-9(15)4-2-8/h1-7H. The van der Waals surface area contributed by atoms with E-state index in [-0.39, 0.29) is 5.78 Å². The first-order valence-corrected chi connectivity index (χ1v) is 7.78. The largest absolute Gasteiger partial charge is 0.289 e. The number of benzene rings is 2. The van der Waals surface area contributed by atoms with Crippen LogP contribution in [0.5, 0.6) is 0 Å². The summed E-state index contributed by atoms with van der Waals surface area (Å²) in [6, 6.07) is 13.4. The SMILES string of the molecule is O=C(c1ccc(I)cc1)c1cc(I)ccc1Br. The molecule has 2 rings (SSSR count). The van der Waals surface area contributed by atoms with Crippen LogP contribution in [0.4, 0.5) is 0 Å². The van der Waals surface area contributed by atoms with Gasteiger partial charge in [0.1, 0.15) is 0 Å². The van der Waals surface area contributed by atoms with Gasteiger partial charge in [0.15, 0.2) is 5.78 Å². The molecule has 17 heavy (non-hydrogen) atoms. The molecule has 0 heterocycles. The Morgan fingerprint density at radius 3 is 2.18 bits per heavy atom. The van der Waals surface area contributed by atoms with E-state index < -0.39 is 0 Å². The molecule has 0 aromatic heterocycles. The molecule has 2 aromatic carbocycles. The molecule has 0 saturated carbocycles. The highest BCUT2D eigenvalue weighted by molar-refractivity contribution is 14.1. The second kappa shape index (κ2) is 5.79. The number of ketones is 1. The van der Waals surface area contributed by atoms with Gasteiger partial charge in [-0.3, -0.25) is 4.79 Å². The topological polar surface area (TPSA) is 17.1 Å². The van der Waals surface area contributed by atoms with Gasteiger partial charge in [-0.2, -0.15) is 0 Å². The molecule has 86 valence electrons. The minimum atomic E-state index is 0.0480. The van der Waals surface area contributed by atoms with Gasteiger partial charge in [0.2, 0.25) is 0 Å². The summed E-state index contributed by atoms with van der Waals surface area (Å²) in [5.41, 5.74) is 1.42. The van der Waals surface area contributed by atoms with Crippen LogP contribution in [-0.4, -0.2) is 5.78 Å². The summed E-state index contributed by atoms with van der Waals surface area (Å²) in [7, 11) is 0. The van der Waals surface area contributed by atoms with Crippen molar-refractivity contribution in [2.75, 3.05) is 0 Å². The van der Waals surface area contributed by atoms with E-state index in [1.165, 1.54) is 0 Å².